The first-order valence-electron chi connectivity index (χ1n) is 4.89. The monoisotopic (exact) mass is 189 g/mol. The number of ether oxygens (including phenoxy) is 1. The third-order valence-electron chi connectivity index (χ3n) is 2.35. The van der Waals surface area contributed by atoms with Crippen molar-refractivity contribution in [2.45, 2.75) is 37.8 Å². The van der Waals surface area contributed by atoms with Gasteiger partial charge in [0.05, 0.1) is 25.4 Å². The number of hydrogen-bond acceptors (Lipinski definition) is 4. The molecule has 1 aliphatic rings. The molecule has 4 heteroatoms. The molecule has 0 aromatic rings. The number of hydroxylamine groups is 1. The summed E-state index contributed by atoms with van der Waals surface area (Å²) in [4.78, 5) is 5.15. The number of rotatable bonds is 5. The fourth-order valence-electron chi connectivity index (χ4n) is 1.54. The molecule has 1 aliphatic carbocycles. The van der Waals surface area contributed by atoms with E-state index in [-0.39, 0.29) is 12.1 Å². The number of nitrogens with one attached hydrogen (secondary N) is 1. The smallest absolute Gasteiger partial charge is 0.0916 e. The SMILES string of the molecule is COCCON[C@H]1CCCC[C@@H]1O. The van der Waals surface area contributed by atoms with Crippen molar-refractivity contribution in [3.8, 4) is 0 Å². The highest BCUT2D eigenvalue weighted by Gasteiger charge is 2.22. The zero-order valence-corrected chi connectivity index (χ0v) is 8.16. The average molecular weight is 189 g/mol. The van der Waals surface area contributed by atoms with Gasteiger partial charge in [0.25, 0.3) is 0 Å². The molecule has 1 rings (SSSR count). The molecule has 2 atom stereocenters. The highest BCUT2D eigenvalue weighted by molar-refractivity contribution is 4.77. The van der Waals surface area contributed by atoms with Gasteiger partial charge >= 0.3 is 0 Å². The molecule has 1 saturated carbocycles. The normalized spacial score (nSPS) is 29.1. The highest BCUT2D eigenvalue weighted by atomic mass is 16.7. The zero-order valence-electron chi connectivity index (χ0n) is 8.16. The van der Waals surface area contributed by atoms with Gasteiger partial charge in [0, 0.05) is 7.11 Å². The van der Waals surface area contributed by atoms with Crippen LogP contribution in [0.25, 0.3) is 0 Å². The van der Waals surface area contributed by atoms with E-state index in [2.05, 4.69) is 5.48 Å². The van der Waals surface area contributed by atoms with Crippen LogP contribution >= 0.6 is 0 Å². The summed E-state index contributed by atoms with van der Waals surface area (Å²) in [7, 11) is 1.64. The van der Waals surface area contributed by atoms with Crippen LogP contribution in [0.1, 0.15) is 25.7 Å². The Labute approximate surface area is 79.2 Å². The van der Waals surface area contributed by atoms with Crippen LogP contribution < -0.4 is 5.48 Å². The molecule has 0 heterocycles. The molecule has 0 aromatic heterocycles. The Morgan fingerprint density at radius 2 is 2.08 bits per heavy atom. The molecular formula is C9H19NO3. The fraction of sp³-hybridized carbons (Fsp3) is 1.00. The molecular weight excluding hydrogens is 170 g/mol. The Balaban J connectivity index is 2.05. The number of hydrogen-bond donors (Lipinski definition) is 2. The third-order valence-corrected chi connectivity index (χ3v) is 2.35. The maximum atomic E-state index is 9.55. The first kappa shape index (κ1) is 10.9. The summed E-state index contributed by atoms with van der Waals surface area (Å²) < 4.78 is 4.83. The highest BCUT2D eigenvalue weighted by Crippen LogP contribution is 2.17. The minimum atomic E-state index is -0.253. The van der Waals surface area contributed by atoms with E-state index in [0.717, 1.165) is 19.3 Å². The predicted octanol–water partition coefficient (Wildman–Crippen LogP) is 0.457. The topological polar surface area (TPSA) is 50.7 Å². The van der Waals surface area contributed by atoms with Crippen LogP contribution in [0.2, 0.25) is 0 Å². The minimum Gasteiger partial charge on any atom is -0.391 e. The summed E-state index contributed by atoms with van der Waals surface area (Å²) >= 11 is 0. The lowest BCUT2D eigenvalue weighted by Gasteiger charge is -2.27. The van der Waals surface area contributed by atoms with Gasteiger partial charge in [-0.25, -0.2) is 0 Å². The molecule has 0 saturated heterocycles. The lowest BCUT2D eigenvalue weighted by atomic mass is 9.93. The zero-order chi connectivity index (χ0) is 9.52. The van der Waals surface area contributed by atoms with Crippen molar-refractivity contribution < 1.29 is 14.7 Å². The lowest BCUT2D eigenvalue weighted by Crippen LogP contribution is -2.42. The first-order valence-corrected chi connectivity index (χ1v) is 4.89. The molecule has 0 unspecified atom stereocenters. The largest absolute Gasteiger partial charge is 0.391 e. The lowest BCUT2D eigenvalue weighted by molar-refractivity contribution is -0.0505. The Bertz CT molecular complexity index is 132. The molecule has 1 fully saturated rings. The van der Waals surface area contributed by atoms with Crippen LogP contribution in [0.5, 0.6) is 0 Å². The van der Waals surface area contributed by atoms with E-state index in [4.69, 9.17) is 9.57 Å². The predicted molar refractivity (Wildman–Crippen MR) is 49.2 cm³/mol. The standard InChI is InChI=1S/C9H19NO3/c1-12-6-7-13-10-8-4-2-3-5-9(8)11/h8-11H,2-7H2,1H3/t8-,9-/m0/s1. The van der Waals surface area contributed by atoms with Gasteiger partial charge in [-0.1, -0.05) is 12.8 Å². The van der Waals surface area contributed by atoms with E-state index in [1.54, 1.807) is 7.11 Å². The number of aliphatic hydroxyl groups excluding tert-OH is 1. The minimum absolute atomic E-state index is 0.102. The van der Waals surface area contributed by atoms with E-state index in [0.29, 0.717) is 13.2 Å². The van der Waals surface area contributed by atoms with Crippen molar-refractivity contribution in [1.29, 1.82) is 0 Å². The van der Waals surface area contributed by atoms with E-state index in [1.807, 2.05) is 0 Å². The summed E-state index contributed by atoms with van der Waals surface area (Å²) in [6.45, 7) is 1.11. The van der Waals surface area contributed by atoms with Gasteiger partial charge in [-0.3, -0.25) is 4.84 Å². The quantitative estimate of drug-likeness (QED) is 0.487. The fourth-order valence-corrected chi connectivity index (χ4v) is 1.54. The summed E-state index contributed by atoms with van der Waals surface area (Å²) in [5, 5.41) is 9.55. The van der Waals surface area contributed by atoms with Gasteiger partial charge in [0.2, 0.25) is 0 Å². The van der Waals surface area contributed by atoms with E-state index in [1.165, 1.54) is 6.42 Å². The molecule has 78 valence electrons. The van der Waals surface area contributed by atoms with Crippen molar-refractivity contribution in [3.05, 3.63) is 0 Å². The van der Waals surface area contributed by atoms with Crippen LogP contribution in [-0.2, 0) is 9.57 Å². The van der Waals surface area contributed by atoms with E-state index >= 15 is 0 Å². The molecule has 2 N–H and O–H groups in total. The van der Waals surface area contributed by atoms with Gasteiger partial charge < -0.3 is 9.84 Å². The van der Waals surface area contributed by atoms with Crippen molar-refractivity contribution >= 4 is 0 Å². The van der Waals surface area contributed by atoms with Crippen LogP contribution in [0.4, 0.5) is 0 Å². The van der Waals surface area contributed by atoms with Gasteiger partial charge in [0.1, 0.15) is 0 Å². The third kappa shape index (κ3) is 4.04. The average Bonchev–Trinajstić information content (AvgIpc) is 2.15. The van der Waals surface area contributed by atoms with Crippen LogP contribution in [0.15, 0.2) is 0 Å². The molecule has 0 radical (unpaired) electrons. The number of methoxy groups -OCH3 is 1. The van der Waals surface area contributed by atoms with Crippen molar-refractivity contribution in [3.63, 3.8) is 0 Å². The molecule has 0 aromatic carbocycles. The molecule has 0 amide bonds. The van der Waals surface area contributed by atoms with Crippen LogP contribution in [0, 0.1) is 0 Å². The first-order chi connectivity index (χ1) is 6.34. The van der Waals surface area contributed by atoms with Crippen molar-refractivity contribution in [2.75, 3.05) is 20.3 Å². The summed E-state index contributed by atoms with van der Waals surface area (Å²) in [5.41, 5.74) is 2.88. The van der Waals surface area contributed by atoms with Gasteiger partial charge in [-0.15, -0.1) is 0 Å². The van der Waals surface area contributed by atoms with E-state index < -0.39 is 0 Å². The molecule has 0 bridgehead atoms. The van der Waals surface area contributed by atoms with Crippen LogP contribution in [-0.4, -0.2) is 37.6 Å². The molecule has 0 aliphatic heterocycles. The Hall–Kier alpha value is -0.160. The van der Waals surface area contributed by atoms with Crippen LogP contribution in [0.3, 0.4) is 0 Å². The van der Waals surface area contributed by atoms with Crippen molar-refractivity contribution in [2.24, 2.45) is 0 Å². The second-order valence-corrected chi connectivity index (χ2v) is 3.42. The Kier molecular flexibility index (Phi) is 5.31. The molecule has 13 heavy (non-hydrogen) atoms. The molecule has 0 spiro atoms. The number of aliphatic hydroxyl groups is 1. The van der Waals surface area contributed by atoms with E-state index in [9.17, 15) is 5.11 Å². The maximum absolute atomic E-state index is 9.55. The van der Waals surface area contributed by atoms with Gasteiger partial charge in [0.15, 0.2) is 0 Å². The molecule has 4 nitrogen and oxygen atoms in total. The Morgan fingerprint density at radius 1 is 1.31 bits per heavy atom. The Morgan fingerprint density at radius 3 is 2.77 bits per heavy atom. The summed E-state index contributed by atoms with van der Waals surface area (Å²) in [5.74, 6) is 0. The maximum Gasteiger partial charge on any atom is 0.0916 e. The van der Waals surface area contributed by atoms with Crippen molar-refractivity contribution in [1.82, 2.24) is 5.48 Å². The second kappa shape index (κ2) is 6.32. The second-order valence-electron chi connectivity index (χ2n) is 3.42. The van der Waals surface area contributed by atoms with Gasteiger partial charge in [-0.2, -0.15) is 5.48 Å². The summed E-state index contributed by atoms with van der Waals surface area (Å²) in [6, 6.07) is 0.102. The van der Waals surface area contributed by atoms with Gasteiger partial charge in [-0.05, 0) is 12.8 Å². The summed E-state index contributed by atoms with van der Waals surface area (Å²) in [6.07, 6.45) is 3.91.